The van der Waals surface area contributed by atoms with Crippen LogP contribution in [0.4, 0.5) is 0 Å². The molecule has 0 amide bonds. The predicted octanol–water partition coefficient (Wildman–Crippen LogP) is 3.39. The number of aliphatic hydroxyl groups is 3. The third-order valence-electron chi connectivity index (χ3n) is 9.59. The number of nitrogens with zero attached hydrogens (tertiary/aromatic N) is 1. The van der Waals surface area contributed by atoms with Crippen LogP contribution in [0.1, 0.15) is 71.5 Å². The van der Waals surface area contributed by atoms with Crippen LogP contribution < -0.4 is 10.4 Å². The molecule has 3 heterocycles. The topological polar surface area (TPSA) is 139 Å². The summed E-state index contributed by atoms with van der Waals surface area (Å²) in [6.07, 6.45) is 2.33. The Morgan fingerprint density at radius 1 is 1.21 bits per heavy atom. The molecule has 2 saturated carbocycles. The van der Waals surface area contributed by atoms with Gasteiger partial charge in [-0.15, -0.1) is 0 Å². The number of hydrogen-bond acceptors (Lipinski definition) is 9. The van der Waals surface area contributed by atoms with E-state index in [4.69, 9.17) is 13.9 Å². The number of rotatable bonds is 5. The van der Waals surface area contributed by atoms with Crippen molar-refractivity contribution in [3.8, 4) is 17.1 Å². The summed E-state index contributed by atoms with van der Waals surface area (Å²) in [7, 11) is 0. The second-order valence-electron chi connectivity index (χ2n) is 11.9. The molecule has 9 nitrogen and oxygen atoms in total. The van der Waals surface area contributed by atoms with E-state index in [0.29, 0.717) is 24.8 Å². The van der Waals surface area contributed by atoms with Gasteiger partial charge in [-0.25, -0.2) is 4.79 Å². The van der Waals surface area contributed by atoms with Crippen molar-refractivity contribution in [2.75, 3.05) is 6.61 Å². The third kappa shape index (κ3) is 3.98. The number of esters is 1. The van der Waals surface area contributed by atoms with Crippen LogP contribution in [-0.2, 0) is 9.53 Å². The van der Waals surface area contributed by atoms with Crippen molar-refractivity contribution < 1.29 is 34.0 Å². The Kier molecular flexibility index (Phi) is 6.69. The molecule has 3 aliphatic rings. The monoisotopic (exact) mass is 527 g/mol. The number of pyridine rings is 1. The van der Waals surface area contributed by atoms with E-state index in [1.54, 1.807) is 37.5 Å². The van der Waals surface area contributed by atoms with Crippen LogP contribution in [0.5, 0.6) is 5.75 Å². The molecule has 206 valence electrons. The first-order chi connectivity index (χ1) is 18.0. The average Bonchev–Trinajstić information content (AvgIpc) is 2.87. The van der Waals surface area contributed by atoms with Gasteiger partial charge in [0, 0.05) is 41.8 Å². The summed E-state index contributed by atoms with van der Waals surface area (Å²) >= 11 is 0. The summed E-state index contributed by atoms with van der Waals surface area (Å²) in [5.74, 6) is -0.886. The normalized spacial score (nSPS) is 37.8. The van der Waals surface area contributed by atoms with Crippen molar-refractivity contribution in [3.63, 3.8) is 0 Å². The van der Waals surface area contributed by atoms with E-state index in [2.05, 4.69) is 4.98 Å². The van der Waals surface area contributed by atoms with Gasteiger partial charge in [0.1, 0.15) is 22.7 Å². The fraction of sp³-hybridized carbons (Fsp3) is 0.621. The lowest BCUT2D eigenvalue weighted by atomic mass is 9.42. The summed E-state index contributed by atoms with van der Waals surface area (Å²) in [6, 6.07) is 5.05. The van der Waals surface area contributed by atoms with E-state index < -0.39 is 46.3 Å². The lowest BCUT2D eigenvalue weighted by molar-refractivity contribution is -0.265. The molecule has 0 aromatic carbocycles. The van der Waals surface area contributed by atoms with Crippen LogP contribution in [0.3, 0.4) is 0 Å². The van der Waals surface area contributed by atoms with Gasteiger partial charge < -0.3 is 29.2 Å². The molecule has 9 heteroatoms. The molecule has 0 bridgehead atoms. The first-order valence-corrected chi connectivity index (χ1v) is 13.4. The number of fused-ring (bicyclic) bond motifs is 4. The highest BCUT2D eigenvalue weighted by molar-refractivity contribution is 5.69. The van der Waals surface area contributed by atoms with Crippen molar-refractivity contribution in [2.45, 2.75) is 83.7 Å². The van der Waals surface area contributed by atoms with E-state index >= 15 is 0 Å². The van der Waals surface area contributed by atoms with Crippen LogP contribution in [0.25, 0.3) is 11.3 Å². The molecule has 0 saturated heterocycles. The third-order valence-corrected chi connectivity index (χ3v) is 9.59. The second-order valence-corrected chi connectivity index (χ2v) is 11.9. The van der Waals surface area contributed by atoms with E-state index in [1.165, 1.54) is 0 Å². The van der Waals surface area contributed by atoms with Crippen molar-refractivity contribution in [1.82, 2.24) is 4.98 Å². The molecule has 2 aromatic heterocycles. The van der Waals surface area contributed by atoms with E-state index in [1.807, 2.05) is 20.8 Å². The highest BCUT2D eigenvalue weighted by atomic mass is 16.5. The molecule has 0 unspecified atom stereocenters. The number of aliphatic hydroxyl groups excluding tert-OH is 3. The van der Waals surface area contributed by atoms with Crippen LogP contribution in [-0.4, -0.2) is 50.7 Å². The smallest absolute Gasteiger partial charge is 0.345 e. The van der Waals surface area contributed by atoms with Crippen LogP contribution in [0.15, 0.2) is 39.8 Å². The maximum absolute atomic E-state index is 13.2. The minimum atomic E-state index is -1.27. The molecule has 2 aromatic rings. The number of hydrogen-bond donors (Lipinski definition) is 3. The largest absolute Gasteiger partial charge is 0.484 e. The summed E-state index contributed by atoms with van der Waals surface area (Å²) in [5.41, 5.74) is -2.80. The zero-order chi connectivity index (χ0) is 27.5. The van der Waals surface area contributed by atoms with Gasteiger partial charge in [-0.05, 0) is 56.1 Å². The van der Waals surface area contributed by atoms with Gasteiger partial charge in [-0.1, -0.05) is 20.8 Å². The van der Waals surface area contributed by atoms with Gasteiger partial charge >= 0.3 is 11.6 Å². The Morgan fingerprint density at radius 3 is 2.66 bits per heavy atom. The lowest BCUT2D eigenvalue weighted by Gasteiger charge is -2.66. The molecule has 38 heavy (non-hydrogen) atoms. The molecule has 1 aliphatic heterocycles. The number of carbonyl (C=O) groups is 1. The van der Waals surface area contributed by atoms with Gasteiger partial charge in [0.05, 0.1) is 24.9 Å². The van der Waals surface area contributed by atoms with Gasteiger partial charge in [0.2, 0.25) is 0 Å². The van der Waals surface area contributed by atoms with Crippen molar-refractivity contribution in [3.05, 3.63) is 46.6 Å². The highest BCUT2D eigenvalue weighted by Crippen LogP contribution is 2.66. The van der Waals surface area contributed by atoms with E-state index in [-0.39, 0.29) is 48.4 Å². The van der Waals surface area contributed by atoms with Crippen LogP contribution in [0.2, 0.25) is 0 Å². The maximum atomic E-state index is 13.2. The minimum absolute atomic E-state index is 0.00750. The summed E-state index contributed by atoms with van der Waals surface area (Å²) in [4.78, 5) is 29.5. The number of ether oxygens (including phenoxy) is 2. The Bertz CT molecular complexity index is 1260. The van der Waals surface area contributed by atoms with Crippen molar-refractivity contribution >= 4 is 5.97 Å². The fourth-order valence-corrected chi connectivity index (χ4v) is 7.57. The Hall–Kier alpha value is -2.75. The van der Waals surface area contributed by atoms with Crippen LogP contribution >= 0.6 is 0 Å². The average molecular weight is 528 g/mol. The van der Waals surface area contributed by atoms with Crippen LogP contribution in [0, 0.1) is 22.7 Å². The summed E-state index contributed by atoms with van der Waals surface area (Å²) in [5, 5.41) is 34.5. The first kappa shape index (κ1) is 26.8. The van der Waals surface area contributed by atoms with Gasteiger partial charge in [0.15, 0.2) is 0 Å². The number of carbonyl (C=O) groups excluding carboxylic acids is 1. The standard InChI is InChI=1S/C29H37NO8/c1-5-7-22(33)36-15-28(3)19-13-21(32)29(4)25(27(19,2)10-9-20(28)31)24(34)23-18(38-29)12-17(37-26(23)35)16-8-6-11-30-14-16/h6,8,11-12,14,19-21,24-25,31-32,34H,5,7,9-10,13,15H2,1-4H3/t19-,20+,21+,24+,25-,27+,28+,29-/m1/s1. The zero-order valence-electron chi connectivity index (χ0n) is 22.3. The molecular weight excluding hydrogens is 490 g/mol. The second kappa shape index (κ2) is 9.47. The lowest BCUT2D eigenvalue weighted by Crippen LogP contribution is -2.70. The van der Waals surface area contributed by atoms with Crippen molar-refractivity contribution in [1.29, 1.82) is 0 Å². The molecule has 3 N–H and O–H groups in total. The molecule has 2 aliphatic carbocycles. The predicted molar refractivity (Wildman–Crippen MR) is 137 cm³/mol. The highest BCUT2D eigenvalue weighted by Gasteiger charge is 2.69. The molecule has 5 rings (SSSR count). The number of aromatic nitrogens is 1. The summed E-state index contributed by atoms with van der Waals surface area (Å²) < 4.78 is 17.6. The zero-order valence-corrected chi connectivity index (χ0v) is 22.3. The fourth-order valence-electron chi connectivity index (χ4n) is 7.57. The minimum Gasteiger partial charge on any atom is -0.484 e. The summed E-state index contributed by atoms with van der Waals surface area (Å²) in [6.45, 7) is 7.58. The molecule has 8 atom stereocenters. The Balaban J connectivity index is 1.56. The Morgan fingerprint density at radius 2 is 1.97 bits per heavy atom. The SMILES string of the molecule is CCCC(=O)OC[C@@]1(C)[C@@H]2C[C@H](O)[C@@]3(C)Oc4cc(-c5cccnc5)oc(=O)c4[C@H](O)[C@@H]3[C@@]2(C)CC[C@@H]1O. The molecule has 2 fully saturated rings. The van der Waals surface area contributed by atoms with Gasteiger partial charge in [0.25, 0.3) is 0 Å². The quantitative estimate of drug-likeness (QED) is 0.499. The maximum Gasteiger partial charge on any atom is 0.345 e. The molecule has 0 radical (unpaired) electrons. The van der Waals surface area contributed by atoms with Crippen molar-refractivity contribution in [2.24, 2.45) is 22.7 Å². The van der Waals surface area contributed by atoms with E-state index in [9.17, 15) is 24.9 Å². The van der Waals surface area contributed by atoms with Gasteiger partial charge in [-0.3, -0.25) is 9.78 Å². The molecular formula is C29H37NO8. The molecule has 0 spiro atoms. The Labute approximate surface area is 221 Å². The van der Waals surface area contributed by atoms with E-state index in [0.717, 1.165) is 0 Å². The van der Waals surface area contributed by atoms with Gasteiger partial charge in [-0.2, -0.15) is 0 Å². The first-order valence-electron chi connectivity index (χ1n) is 13.4.